The molecule has 0 amide bonds. The second-order valence-corrected chi connectivity index (χ2v) is 8.61. The Balaban J connectivity index is 1.33. The molecule has 0 aliphatic carbocycles. The first-order chi connectivity index (χ1) is 15.9. The molecule has 33 heavy (non-hydrogen) atoms. The van der Waals surface area contributed by atoms with Gasteiger partial charge in [0.05, 0.1) is 16.8 Å². The van der Waals surface area contributed by atoms with Crippen LogP contribution in [-0.4, -0.2) is 50.5 Å². The molecule has 1 aromatic carbocycles. The molecule has 1 atom stereocenters. The van der Waals surface area contributed by atoms with Gasteiger partial charge in [0, 0.05) is 44.0 Å². The summed E-state index contributed by atoms with van der Waals surface area (Å²) in [5.41, 5.74) is 7.18. The van der Waals surface area contributed by atoms with Gasteiger partial charge in [0.25, 0.3) is 0 Å². The number of aryl methyl sites for hydroxylation is 2. The number of nitriles is 1. The fourth-order valence-corrected chi connectivity index (χ4v) is 4.54. The van der Waals surface area contributed by atoms with Gasteiger partial charge in [-0.1, -0.05) is 6.07 Å². The number of hydrogen-bond donors (Lipinski definition) is 1. The maximum Gasteiger partial charge on any atom is 0.338 e. The third kappa shape index (κ3) is 3.88. The van der Waals surface area contributed by atoms with E-state index in [4.69, 9.17) is 10.00 Å². The molecule has 0 spiro atoms. The van der Waals surface area contributed by atoms with E-state index in [-0.39, 0.29) is 12.0 Å². The minimum Gasteiger partial charge on any atom is -0.457 e. The summed E-state index contributed by atoms with van der Waals surface area (Å²) in [6.45, 7) is 9.54. The number of nitrogens with zero attached hydrogens (tertiary/aromatic N) is 6. The van der Waals surface area contributed by atoms with Crippen molar-refractivity contribution in [2.24, 2.45) is 0 Å². The molecule has 1 saturated heterocycles. The quantitative estimate of drug-likeness (QED) is 0.612. The smallest absolute Gasteiger partial charge is 0.338 e. The number of rotatable bonds is 4. The van der Waals surface area contributed by atoms with Gasteiger partial charge in [-0.05, 0) is 49.6 Å². The van der Waals surface area contributed by atoms with Crippen LogP contribution in [0.4, 0.5) is 0 Å². The number of nitrogens with one attached hydrogen (secondary N) is 1. The zero-order valence-electron chi connectivity index (χ0n) is 18.9. The summed E-state index contributed by atoms with van der Waals surface area (Å²) < 4.78 is 5.21. The zero-order chi connectivity index (χ0) is 23.1. The van der Waals surface area contributed by atoms with Gasteiger partial charge in [-0.2, -0.15) is 15.5 Å². The van der Waals surface area contributed by atoms with E-state index in [0.29, 0.717) is 30.1 Å². The Labute approximate surface area is 192 Å². The maximum atomic E-state index is 11.9. The van der Waals surface area contributed by atoms with Gasteiger partial charge in [-0.3, -0.25) is 4.90 Å². The second-order valence-electron chi connectivity index (χ2n) is 8.61. The normalized spacial score (nSPS) is 18.1. The highest BCUT2D eigenvalue weighted by molar-refractivity contribution is 5.94. The predicted molar refractivity (Wildman–Crippen MR) is 120 cm³/mol. The summed E-state index contributed by atoms with van der Waals surface area (Å²) in [7, 11) is 0. The largest absolute Gasteiger partial charge is 0.457 e. The van der Waals surface area contributed by atoms with Crippen LogP contribution in [0.5, 0.6) is 0 Å². The fraction of sp³-hybridized carbons (Fsp3) is 0.375. The number of carbonyl (C=O) groups is 1. The second kappa shape index (κ2) is 8.39. The average molecular weight is 444 g/mol. The van der Waals surface area contributed by atoms with Gasteiger partial charge >= 0.3 is 5.97 Å². The number of ether oxygens (including phenoxy) is 1. The number of piperazine rings is 1. The van der Waals surface area contributed by atoms with E-state index >= 15 is 0 Å². The molecular weight excluding hydrogens is 418 g/mol. The van der Waals surface area contributed by atoms with E-state index in [1.165, 1.54) is 5.56 Å². The molecule has 1 fully saturated rings. The summed E-state index contributed by atoms with van der Waals surface area (Å²) in [5, 5.41) is 22.0. The summed E-state index contributed by atoms with van der Waals surface area (Å²) in [6.07, 6.45) is 1.56. The predicted octanol–water partition coefficient (Wildman–Crippen LogP) is 2.28. The Bertz CT molecular complexity index is 1290. The van der Waals surface area contributed by atoms with Crippen LogP contribution in [0, 0.1) is 32.1 Å². The highest BCUT2D eigenvalue weighted by Gasteiger charge is 2.28. The van der Waals surface area contributed by atoms with Crippen LogP contribution in [0.3, 0.4) is 0 Å². The Morgan fingerprint density at radius 2 is 2.12 bits per heavy atom. The Morgan fingerprint density at radius 3 is 2.91 bits per heavy atom. The van der Waals surface area contributed by atoms with Gasteiger partial charge in [-0.25, -0.2) is 9.78 Å². The molecule has 2 aromatic heterocycles. The zero-order valence-corrected chi connectivity index (χ0v) is 18.9. The van der Waals surface area contributed by atoms with Crippen molar-refractivity contribution in [2.75, 3.05) is 19.6 Å². The van der Waals surface area contributed by atoms with Crippen LogP contribution in [0.1, 0.15) is 55.6 Å². The molecule has 5 rings (SSSR count). The number of carbonyl (C=O) groups excluding carboxylic acids is 1. The van der Waals surface area contributed by atoms with E-state index in [1.54, 1.807) is 11.0 Å². The van der Waals surface area contributed by atoms with Gasteiger partial charge < -0.3 is 10.1 Å². The molecule has 168 valence electrons. The molecular formula is C24H25N7O2. The van der Waals surface area contributed by atoms with Crippen LogP contribution in [-0.2, 0) is 17.9 Å². The van der Waals surface area contributed by atoms with E-state index < -0.39 is 0 Å². The molecule has 3 aromatic rings. The first-order valence-corrected chi connectivity index (χ1v) is 11.0. The van der Waals surface area contributed by atoms with Crippen molar-refractivity contribution in [3.8, 4) is 11.9 Å². The van der Waals surface area contributed by atoms with Crippen molar-refractivity contribution < 1.29 is 9.53 Å². The number of esters is 1. The number of cyclic esters (lactones) is 1. The number of hydrogen-bond acceptors (Lipinski definition) is 8. The molecule has 4 heterocycles. The van der Waals surface area contributed by atoms with Crippen molar-refractivity contribution in [3.63, 3.8) is 0 Å². The van der Waals surface area contributed by atoms with Crippen LogP contribution >= 0.6 is 0 Å². The van der Waals surface area contributed by atoms with Gasteiger partial charge in [0.2, 0.25) is 0 Å². The Kier molecular flexibility index (Phi) is 5.40. The first kappa shape index (κ1) is 21.2. The van der Waals surface area contributed by atoms with E-state index in [0.717, 1.165) is 47.7 Å². The first-order valence-electron chi connectivity index (χ1n) is 11.0. The van der Waals surface area contributed by atoms with Crippen molar-refractivity contribution in [1.82, 2.24) is 30.2 Å². The molecule has 9 nitrogen and oxygen atoms in total. The molecule has 9 heteroatoms. The fourth-order valence-electron chi connectivity index (χ4n) is 4.54. The van der Waals surface area contributed by atoms with Crippen LogP contribution in [0.15, 0.2) is 24.4 Å². The van der Waals surface area contributed by atoms with Crippen molar-refractivity contribution in [2.45, 2.75) is 40.0 Å². The lowest BCUT2D eigenvalue weighted by Crippen LogP contribution is -2.45. The summed E-state index contributed by atoms with van der Waals surface area (Å²) in [4.78, 5) is 20.1. The number of benzene rings is 1. The molecule has 1 unspecified atom stereocenters. The Hall–Kier alpha value is -3.61. The lowest BCUT2D eigenvalue weighted by Gasteiger charge is -2.34. The third-order valence-corrected chi connectivity index (χ3v) is 6.52. The molecule has 0 radical (unpaired) electrons. The van der Waals surface area contributed by atoms with Crippen LogP contribution in [0.25, 0.3) is 5.82 Å². The highest BCUT2D eigenvalue weighted by Crippen LogP contribution is 2.30. The van der Waals surface area contributed by atoms with Gasteiger partial charge in [-0.15, -0.1) is 4.80 Å². The van der Waals surface area contributed by atoms with Gasteiger partial charge in [0.1, 0.15) is 18.4 Å². The van der Waals surface area contributed by atoms with E-state index in [2.05, 4.69) is 38.4 Å². The van der Waals surface area contributed by atoms with Crippen molar-refractivity contribution in [3.05, 3.63) is 69.2 Å². The number of aromatic nitrogens is 4. The average Bonchev–Trinajstić information content (AvgIpc) is 3.37. The Morgan fingerprint density at radius 1 is 1.27 bits per heavy atom. The van der Waals surface area contributed by atoms with Crippen LogP contribution < -0.4 is 5.32 Å². The molecule has 2 aliphatic rings. The monoisotopic (exact) mass is 443 g/mol. The van der Waals surface area contributed by atoms with E-state index in [9.17, 15) is 4.79 Å². The summed E-state index contributed by atoms with van der Waals surface area (Å²) in [6, 6.07) is 8.05. The van der Waals surface area contributed by atoms with Crippen molar-refractivity contribution >= 4 is 5.97 Å². The highest BCUT2D eigenvalue weighted by atomic mass is 16.5. The van der Waals surface area contributed by atoms with Crippen LogP contribution in [0.2, 0.25) is 0 Å². The number of pyridine rings is 1. The summed E-state index contributed by atoms with van der Waals surface area (Å²) in [5.74, 6) is 0.368. The lowest BCUT2D eigenvalue weighted by atomic mass is 9.93. The maximum absolute atomic E-state index is 11.9. The molecule has 1 N–H and O–H groups in total. The topological polar surface area (TPSA) is 109 Å². The third-order valence-electron chi connectivity index (χ3n) is 6.52. The minimum atomic E-state index is -0.233. The SMILES string of the molecule is Cc1cc(-n2nc(C)c(CN3CCNC(c4ccc5c(c4C)COC5=O)C3)n2)ncc1C#N. The molecule has 2 aliphatic heterocycles. The minimum absolute atomic E-state index is 0.165. The summed E-state index contributed by atoms with van der Waals surface area (Å²) >= 11 is 0. The standard InChI is InChI=1S/C24H25N7O2/c1-14-8-23(27-10-17(14)9-25)31-28-16(3)21(29-31)11-30-7-6-26-22(12-30)18-4-5-19-20(15(18)2)13-33-24(19)32/h4-5,8,10,22,26H,6-7,11-13H2,1-3H3. The van der Waals surface area contributed by atoms with Gasteiger partial charge in [0.15, 0.2) is 5.82 Å². The molecule has 0 saturated carbocycles. The van der Waals surface area contributed by atoms with E-state index in [1.807, 2.05) is 32.0 Å². The van der Waals surface area contributed by atoms with Crippen molar-refractivity contribution in [1.29, 1.82) is 5.26 Å². The number of fused-ring (bicyclic) bond motifs is 1. The molecule has 0 bridgehead atoms. The lowest BCUT2D eigenvalue weighted by molar-refractivity contribution is 0.0535.